The maximum atomic E-state index is 13.9. The first-order chi connectivity index (χ1) is 15.8. The van der Waals surface area contributed by atoms with Crippen molar-refractivity contribution in [1.82, 2.24) is 15.3 Å². The van der Waals surface area contributed by atoms with Gasteiger partial charge in [-0.15, -0.1) is 0 Å². The number of aromatic amines is 1. The van der Waals surface area contributed by atoms with E-state index in [1.165, 1.54) is 0 Å². The number of fused-ring (bicyclic) bond motifs is 5. The fourth-order valence-corrected chi connectivity index (χ4v) is 5.19. The largest absolute Gasteiger partial charge is 0.454 e. The Kier molecular flexibility index (Phi) is 4.02. The minimum absolute atomic E-state index is 0.0633. The number of para-hydroxylation sites is 2. The zero-order valence-electron chi connectivity index (χ0n) is 18.3. The molecule has 3 aromatic rings. The van der Waals surface area contributed by atoms with Crippen LogP contribution in [0.25, 0.3) is 11.0 Å². The Morgan fingerprint density at radius 3 is 2.85 bits per heavy atom. The first-order valence-corrected chi connectivity index (χ1v) is 11.1. The van der Waals surface area contributed by atoms with Crippen LogP contribution in [-0.4, -0.2) is 32.6 Å². The van der Waals surface area contributed by atoms with E-state index in [-0.39, 0.29) is 17.5 Å². The second kappa shape index (κ2) is 6.65. The van der Waals surface area contributed by atoms with Gasteiger partial charge in [-0.05, 0) is 42.5 Å². The molecule has 2 aliphatic carbocycles. The number of hydrogen-bond donors (Lipinski definition) is 3. The topological polar surface area (TPSA) is 104 Å². The molecule has 166 valence electrons. The van der Waals surface area contributed by atoms with Crippen LogP contribution in [0, 0.1) is 0 Å². The van der Waals surface area contributed by atoms with Gasteiger partial charge in [-0.3, -0.25) is 9.59 Å². The number of aliphatic hydroxyl groups is 1. The zero-order valence-corrected chi connectivity index (χ0v) is 18.3. The summed E-state index contributed by atoms with van der Waals surface area (Å²) in [5.74, 6) is -2.28. The number of hydrogen-bond acceptors (Lipinski definition) is 5. The van der Waals surface area contributed by atoms with Crippen LogP contribution in [-0.2, 0) is 10.3 Å². The molecule has 0 radical (unpaired) electrons. The van der Waals surface area contributed by atoms with Crippen LogP contribution in [0.4, 0.5) is 0 Å². The van der Waals surface area contributed by atoms with Crippen LogP contribution in [0.1, 0.15) is 54.4 Å². The van der Waals surface area contributed by atoms with Crippen LogP contribution in [0.2, 0.25) is 0 Å². The van der Waals surface area contributed by atoms with Crippen molar-refractivity contribution in [3.8, 4) is 5.75 Å². The molecule has 0 saturated heterocycles. The van der Waals surface area contributed by atoms with E-state index >= 15 is 0 Å². The molecule has 7 nitrogen and oxygen atoms in total. The molecule has 0 saturated carbocycles. The summed E-state index contributed by atoms with van der Waals surface area (Å²) >= 11 is 0. The number of imidazole rings is 1. The predicted octanol–water partition coefficient (Wildman–Crippen LogP) is 3.62. The highest BCUT2D eigenvalue weighted by Gasteiger charge is 2.72. The number of rotatable bonds is 3. The van der Waals surface area contributed by atoms with Crippen LogP contribution >= 0.6 is 0 Å². The van der Waals surface area contributed by atoms with Crippen molar-refractivity contribution < 1.29 is 19.4 Å². The predicted molar refractivity (Wildman–Crippen MR) is 122 cm³/mol. The normalized spacial score (nSPS) is 25.3. The summed E-state index contributed by atoms with van der Waals surface area (Å²) < 4.78 is 6.13. The van der Waals surface area contributed by atoms with E-state index in [0.717, 1.165) is 5.56 Å². The number of ether oxygens (including phenoxy) is 1. The second-order valence-corrected chi connectivity index (χ2v) is 9.13. The highest BCUT2D eigenvalue weighted by atomic mass is 16.6. The maximum Gasteiger partial charge on any atom is 0.288 e. The first kappa shape index (κ1) is 19.9. The molecule has 1 aromatic heterocycles. The van der Waals surface area contributed by atoms with Crippen LogP contribution in [0.3, 0.4) is 0 Å². The minimum Gasteiger partial charge on any atom is -0.454 e. The lowest BCUT2D eigenvalue weighted by Gasteiger charge is -2.35. The quantitative estimate of drug-likeness (QED) is 0.576. The number of nitrogens with one attached hydrogen (secondary N) is 2. The van der Waals surface area contributed by atoms with E-state index in [4.69, 9.17) is 4.74 Å². The number of H-pyrrole nitrogens is 1. The van der Waals surface area contributed by atoms with Gasteiger partial charge in [0.05, 0.1) is 11.0 Å². The summed E-state index contributed by atoms with van der Waals surface area (Å²) in [6.45, 7) is 4.11. The number of nitrogens with zero attached hydrogens (tertiary/aromatic N) is 1. The van der Waals surface area contributed by atoms with E-state index in [1.807, 2.05) is 36.4 Å². The maximum absolute atomic E-state index is 13.9. The lowest BCUT2D eigenvalue weighted by molar-refractivity contribution is -0.154. The number of allylic oxidation sites excluding steroid dienone is 1. The monoisotopic (exact) mass is 441 g/mol. The van der Waals surface area contributed by atoms with Crippen molar-refractivity contribution in [1.29, 1.82) is 0 Å². The molecule has 2 atom stereocenters. The van der Waals surface area contributed by atoms with E-state index in [9.17, 15) is 14.7 Å². The molecule has 2 unspecified atom stereocenters. The van der Waals surface area contributed by atoms with Crippen molar-refractivity contribution in [2.24, 2.45) is 0 Å². The van der Waals surface area contributed by atoms with Gasteiger partial charge in [0.1, 0.15) is 5.75 Å². The first-order valence-electron chi connectivity index (χ1n) is 11.1. The Hall–Kier alpha value is -3.71. The molecule has 0 spiro atoms. The van der Waals surface area contributed by atoms with Crippen LogP contribution < -0.4 is 10.1 Å². The van der Waals surface area contributed by atoms with Gasteiger partial charge in [0.25, 0.3) is 11.7 Å². The average Bonchev–Trinajstić information content (AvgIpc) is 3.41. The van der Waals surface area contributed by atoms with Crippen molar-refractivity contribution >= 4 is 22.7 Å². The van der Waals surface area contributed by atoms with Gasteiger partial charge in [-0.2, -0.15) is 0 Å². The zero-order chi connectivity index (χ0) is 23.0. The van der Waals surface area contributed by atoms with Crippen molar-refractivity contribution in [3.63, 3.8) is 0 Å². The number of carbonyl (C=O) groups is 2. The van der Waals surface area contributed by atoms with E-state index in [0.29, 0.717) is 46.3 Å². The standard InChI is InChI=1S/C26H23N3O4/c1-14(2)15-11-12-18-21(13-15)33-26(32)17-8-4-3-7-16(17)22(30)25(18,26)29-24(31)23-27-19-9-5-6-10-20(19)28-23/h4-6,8-14,32H,3,7H2,1-2H3,(H,27,28)(H,29,31). The van der Waals surface area contributed by atoms with Gasteiger partial charge in [-0.1, -0.05) is 50.3 Å². The average molecular weight is 441 g/mol. The van der Waals surface area contributed by atoms with Crippen molar-refractivity contribution in [2.75, 3.05) is 0 Å². The molecule has 7 heteroatoms. The summed E-state index contributed by atoms with van der Waals surface area (Å²) in [5, 5.41) is 14.8. The van der Waals surface area contributed by atoms with Crippen molar-refractivity contribution in [3.05, 3.63) is 82.7 Å². The second-order valence-electron chi connectivity index (χ2n) is 9.13. The van der Waals surface area contributed by atoms with Crippen LogP contribution in [0.5, 0.6) is 5.75 Å². The number of amides is 1. The van der Waals surface area contributed by atoms with Gasteiger partial charge in [-0.25, -0.2) is 4.98 Å². The number of Topliss-reactive ketones (excluding diaryl/α,β-unsaturated/α-hetero) is 1. The molecular formula is C26H23N3O4. The SMILES string of the molecule is CC(C)c1ccc2c(c1)OC1(O)C3=C(CCC=C3)C(=O)C21NC(=O)c1nc2ccccc2[nH]1. The van der Waals surface area contributed by atoms with Crippen molar-refractivity contribution in [2.45, 2.75) is 43.9 Å². The number of benzene rings is 2. The Morgan fingerprint density at radius 2 is 2.06 bits per heavy atom. The number of ketones is 1. The fourth-order valence-electron chi connectivity index (χ4n) is 5.19. The third kappa shape index (κ3) is 2.51. The number of aromatic nitrogens is 2. The van der Waals surface area contributed by atoms with Gasteiger partial charge in [0.15, 0.2) is 11.6 Å². The van der Waals surface area contributed by atoms with Crippen LogP contribution in [0.15, 0.2) is 65.8 Å². The highest BCUT2D eigenvalue weighted by molar-refractivity contribution is 6.13. The summed E-state index contributed by atoms with van der Waals surface area (Å²) in [6.07, 6.45) is 4.82. The summed E-state index contributed by atoms with van der Waals surface area (Å²) in [4.78, 5) is 34.7. The molecular weight excluding hydrogens is 418 g/mol. The van der Waals surface area contributed by atoms with E-state index < -0.39 is 17.2 Å². The third-order valence-electron chi connectivity index (χ3n) is 6.90. The lowest BCUT2D eigenvalue weighted by Crippen LogP contribution is -2.63. The van der Waals surface area contributed by atoms with Gasteiger partial charge < -0.3 is 20.1 Å². The summed E-state index contributed by atoms with van der Waals surface area (Å²) in [5.41, 5.74) is 1.92. The molecule has 0 fully saturated rings. The van der Waals surface area contributed by atoms with Gasteiger partial charge in [0, 0.05) is 16.7 Å². The summed E-state index contributed by atoms with van der Waals surface area (Å²) in [6, 6.07) is 12.8. The fraction of sp³-hybridized carbons (Fsp3) is 0.269. The lowest BCUT2D eigenvalue weighted by atomic mass is 9.81. The molecule has 1 amide bonds. The molecule has 3 aliphatic rings. The number of carbonyl (C=O) groups excluding carboxylic acids is 2. The highest BCUT2D eigenvalue weighted by Crippen LogP contribution is 2.58. The smallest absolute Gasteiger partial charge is 0.288 e. The molecule has 0 bridgehead atoms. The minimum atomic E-state index is -2.03. The molecule has 6 rings (SSSR count). The van der Waals surface area contributed by atoms with E-state index in [1.54, 1.807) is 18.2 Å². The Balaban J connectivity index is 1.51. The van der Waals surface area contributed by atoms with Gasteiger partial charge >= 0.3 is 0 Å². The Morgan fingerprint density at radius 1 is 1.24 bits per heavy atom. The molecule has 3 N–H and O–H groups in total. The molecule has 33 heavy (non-hydrogen) atoms. The Labute approximate surface area is 190 Å². The summed E-state index contributed by atoms with van der Waals surface area (Å²) in [7, 11) is 0. The molecule has 2 heterocycles. The Bertz CT molecular complexity index is 1380. The third-order valence-corrected chi connectivity index (χ3v) is 6.90. The molecule has 1 aliphatic heterocycles. The van der Waals surface area contributed by atoms with Gasteiger partial charge in [0.2, 0.25) is 5.54 Å². The molecule has 2 aromatic carbocycles. The van der Waals surface area contributed by atoms with E-state index in [2.05, 4.69) is 29.1 Å².